The Morgan fingerprint density at radius 1 is 0.914 bits per heavy atom. The van der Waals surface area contributed by atoms with Crippen LogP contribution in [-0.2, 0) is 25.5 Å². The maximum absolute atomic E-state index is 13.3. The van der Waals surface area contributed by atoms with E-state index in [-0.39, 0.29) is 23.6 Å². The average molecular weight is 485 g/mol. The number of nitrogens with one attached hydrogen (secondary N) is 1. The van der Waals surface area contributed by atoms with Crippen LogP contribution in [0.5, 0.6) is 0 Å². The number of amides is 2. The molecule has 0 radical (unpaired) electrons. The highest BCUT2D eigenvalue weighted by molar-refractivity contribution is 8.04. The summed E-state index contributed by atoms with van der Waals surface area (Å²) in [6.45, 7) is 4.02. The number of carbonyl (C=O) groups excluding carboxylic acids is 3. The molecule has 1 N–H and O–H groups in total. The number of ether oxygens (including phenoxy) is 1. The van der Waals surface area contributed by atoms with Gasteiger partial charge in [0, 0.05) is 4.91 Å². The molecule has 5 rings (SSSR count). The van der Waals surface area contributed by atoms with E-state index in [9.17, 15) is 14.4 Å². The Morgan fingerprint density at radius 2 is 1.46 bits per heavy atom. The average Bonchev–Trinajstić information content (AvgIpc) is 3.20. The van der Waals surface area contributed by atoms with Crippen molar-refractivity contribution in [1.29, 1.82) is 0 Å². The van der Waals surface area contributed by atoms with Gasteiger partial charge in [-0.3, -0.25) is 9.59 Å². The van der Waals surface area contributed by atoms with Gasteiger partial charge in [-0.2, -0.15) is 0 Å². The first-order valence-electron chi connectivity index (χ1n) is 11.3. The Balaban J connectivity index is 1.28. The number of fused-ring (bicyclic) bond motifs is 1. The Hall–Kier alpha value is -3.84. The molecular weight excluding hydrogens is 460 g/mol. The van der Waals surface area contributed by atoms with Crippen LogP contribution >= 0.6 is 11.8 Å². The summed E-state index contributed by atoms with van der Waals surface area (Å²) in [5.41, 5.74) is 2.54. The third-order valence-electron chi connectivity index (χ3n) is 6.12. The van der Waals surface area contributed by atoms with Crippen LogP contribution in [-0.4, -0.2) is 40.1 Å². The lowest BCUT2D eigenvalue weighted by Gasteiger charge is -2.43. The second-order valence-corrected chi connectivity index (χ2v) is 9.71. The van der Waals surface area contributed by atoms with Gasteiger partial charge in [0.1, 0.15) is 11.4 Å². The van der Waals surface area contributed by atoms with Gasteiger partial charge in [0.2, 0.25) is 11.8 Å². The van der Waals surface area contributed by atoms with E-state index in [1.807, 2.05) is 91.0 Å². The van der Waals surface area contributed by atoms with Gasteiger partial charge in [0.15, 0.2) is 12.1 Å². The fraction of sp³-hybridized carbons (Fsp3) is 0.179. The SMILES string of the molecule is C=C1SC2C(NC(=O)Cc3ccccc3)C(=O)N2C1C(=O)OC(c1ccccc1)c1ccccc1. The molecule has 6 nitrogen and oxygen atoms in total. The Morgan fingerprint density at radius 3 is 2.03 bits per heavy atom. The predicted octanol–water partition coefficient (Wildman–Crippen LogP) is 3.84. The van der Waals surface area contributed by atoms with Crippen molar-refractivity contribution in [2.24, 2.45) is 0 Å². The van der Waals surface area contributed by atoms with Crippen molar-refractivity contribution in [3.05, 3.63) is 119 Å². The molecule has 3 unspecified atom stereocenters. The summed E-state index contributed by atoms with van der Waals surface area (Å²) in [6, 6.07) is 26.7. The Labute approximate surface area is 208 Å². The summed E-state index contributed by atoms with van der Waals surface area (Å²) in [5.74, 6) is -1.08. The molecule has 3 aromatic carbocycles. The molecule has 0 saturated carbocycles. The third kappa shape index (κ3) is 4.59. The van der Waals surface area contributed by atoms with Gasteiger partial charge in [-0.1, -0.05) is 97.6 Å². The fourth-order valence-corrected chi connectivity index (χ4v) is 5.72. The van der Waals surface area contributed by atoms with Gasteiger partial charge in [-0.05, 0) is 16.7 Å². The number of thioether (sulfide) groups is 1. The molecule has 2 saturated heterocycles. The number of β-lactam (4-membered cyclic amide) rings is 1. The molecule has 176 valence electrons. The molecule has 0 aromatic heterocycles. The number of hydrogen-bond donors (Lipinski definition) is 1. The van der Waals surface area contributed by atoms with Crippen LogP contribution in [0.15, 0.2) is 102 Å². The highest BCUT2D eigenvalue weighted by atomic mass is 32.2. The van der Waals surface area contributed by atoms with Crippen molar-refractivity contribution < 1.29 is 19.1 Å². The number of nitrogens with zero attached hydrogens (tertiary/aromatic N) is 1. The summed E-state index contributed by atoms with van der Waals surface area (Å²) in [4.78, 5) is 40.8. The van der Waals surface area contributed by atoms with E-state index < -0.39 is 24.2 Å². The maximum Gasteiger partial charge on any atom is 0.335 e. The molecule has 2 aliphatic rings. The molecule has 0 spiro atoms. The van der Waals surface area contributed by atoms with Gasteiger partial charge in [0.25, 0.3) is 0 Å². The van der Waals surface area contributed by atoms with Crippen molar-refractivity contribution in [3.63, 3.8) is 0 Å². The highest BCUT2D eigenvalue weighted by Gasteiger charge is 2.59. The normalized spacial score (nSPS) is 20.8. The van der Waals surface area contributed by atoms with E-state index >= 15 is 0 Å². The number of rotatable bonds is 7. The quantitative estimate of drug-likeness (QED) is 0.407. The molecule has 2 heterocycles. The van der Waals surface area contributed by atoms with E-state index in [4.69, 9.17) is 4.74 Å². The molecule has 7 heteroatoms. The molecule has 2 aliphatic heterocycles. The first-order valence-corrected chi connectivity index (χ1v) is 12.2. The number of carbonyl (C=O) groups is 3. The van der Waals surface area contributed by atoms with Crippen molar-refractivity contribution >= 4 is 29.5 Å². The third-order valence-corrected chi connectivity index (χ3v) is 7.39. The van der Waals surface area contributed by atoms with Gasteiger partial charge < -0.3 is 15.0 Å². The molecule has 2 fully saturated rings. The van der Waals surface area contributed by atoms with Gasteiger partial charge in [-0.15, -0.1) is 11.8 Å². The second-order valence-electron chi connectivity index (χ2n) is 8.47. The lowest BCUT2D eigenvalue weighted by molar-refractivity contribution is -0.163. The smallest absolute Gasteiger partial charge is 0.335 e. The Kier molecular flexibility index (Phi) is 6.42. The van der Waals surface area contributed by atoms with Crippen LogP contribution in [0.1, 0.15) is 22.8 Å². The summed E-state index contributed by atoms with van der Waals surface area (Å²) in [7, 11) is 0. The van der Waals surface area contributed by atoms with Crippen LogP contribution in [0.2, 0.25) is 0 Å². The van der Waals surface area contributed by atoms with Crippen LogP contribution in [0, 0.1) is 0 Å². The maximum atomic E-state index is 13.3. The topological polar surface area (TPSA) is 75.7 Å². The molecule has 3 aromatic rings. The first-order chi connectivity index (χ1) is 17.0. The van der Waals surface area contributed by atoms with Crippen molar-refractivity contribution in [1.82, 2.24) is 10.2 Å². The van der Waals surface area contributed by atoms with Gasteiger partial charge in [-0.25, -0.2) is 4.79 Å². The van der Waals surface area contributed by atoms with Gasteiger partial charge >= 0.3 is 5.97 Å². The van der Waals surface area contributed by atoms with E-state index in [0.717, 1.165) is 16.7 Å². The molecule has 35 heavy (non-hydrogen) atoms. The standard InChI is InChI=1S/C28H24N2O4S/c1-18-24(28(33)34-25(20-13-7-3-8-14-20)21-15-9-4-10-16-21)30-26(32)23(27(30)35-18)29-22(31)17-19-11-5-2-6-12-19/h2-16,23-25,27H,1,17H2,(H,29,31). The molecule has 2 amide bonds. The minimum absolute atomic E-state index is 0.185. The molecule has 3 atom stereocenters. The van der Waals surface area contributed by atoms with Crippen molar-refractivity contribution in [3.8, 4) is 0 Å². The first kappa shape index (κ1) is 22.9. The zero-order valence-electron chi connectivity index (χ0n) is 18.9. The minimum Gasteiger partial charge on any atom is -0.451 e. The predicted molar refractivity (Wildman–Crippen MR) is 134 cm³/mol. The van der Waals surface area contributed by atoms with E-state index in [1.54, 1.807) is 0 Å². The molecule has 0 aliphatic carbocycles. The zero-order valence-corrected chi connectivity index (χ0v) is 19.7. The zero-order chi connectivity index (χ0) is 24.4. The molecule has 0 bridgehead atoms. The number of benzene rings is 3. The van der Waals surface area contributed by atoms with Crippen LogP contribution in [0.25, 0.3) is 0 Å². The van der Waals surface area contributed by atoms with E-state index in [2.05, 4.69) is 11.9 Å². The number of hydrogen-bond acceptors (Lipinski definition) is 5. The summed E-state index contributed by atoms with van der Waals surface area (Å²) in [5, 5.41) is 2.44. The lowest BCUT2D eigenvalue weighted by atomic mass is 10.0. The summed E-state index contributed by atoms with van der Waals surface area (Å²) in [6.07, 6.45) is -0.427. The summed E-state index contributed by atoms with van der Waals surface area (Å²) < 4.78 is 5.98. The van der Waals surface area contributed by atoms with Crippen LogP contribution < -0.4 is 5.32 Å². The Bertz CT molecular complexity index is 1210. The fourth-order valence-electron chi connectivity index (χ4n) is 4.41. The van der Waals surface area contributed by atoms with E-state index in [1.165, 1.54) is 16.7 Å². The highest BCUT2D eigenvalue weighted by Crippen LogP contribution is 2.47. The molecular formula is C28H24N2O4S. The largest absolute Gasteiger partial charge is 0.451 e. The van der Waals surface area contributed by atoms with Crippen LogP contribution in [0.4, 0.5) is 0 Å². The van der Waals surface area contributed by atoms with Crippen LogP contribution in [0.3, 0.4) is 0 Å². The van der Waals surface area contributed by atoms with Gasteiger partial charge in [0.05, 0.1) is 6.42 Å². The number of esters is 1. The van der Waals surface area contributed by atoms with Crippen molar-refractivity contribution in [2.75, 3.05) is 0 Å². The minimum atomic E-state index is -0.894. The monoisotopic (exact) mass is 484 g/mol. The van der Waals surface area contributed by atoms with E-state index in [0.29, 0.717) is 4.91 Å². The summed E-state index contributed by atoms with van der Waals surface area (Å²) >= 11 is 1.33. The lowest BCUT2D eigenvalue weighted by Crippen LogP contribution is -2.70. The van der Waals surface area contributed by atoms with Crippen molar-refractivity contribution in [2.45, 2.75) is 30.0 Å². The second kappa shape index (κ2) is 9.80.